The summed E-state index contributed by atoms with van der Waals surface area (Å²) in [7, 11) is 0. The molecule has 0 saturated carbocycles. The molecule has 2 aromatic carbocycles. The number of aryl methyl sites for hydroxylation is 1. The molecule has 3 aromatic rings. The average Bonchev–Trinajstić information content (AvgIpc) is 2.58. The molecule has 0 aliphatic carbocycles. The summed E-state index contributed by atoms with van der Waals surface area (Å²) in [6, 6.07) is 19.0. The first-order chi connectivity index (χ1) is 12.1. The van der Waals surface area contributed by atoms with Crippen molar-refractivity contribution in [1.29, 1.82) is 0 Å². The SMILES string of the molecule is Cc1cccc(CC(=O)Nc2ccc(Nc3ccccc3Cl)nc2)c1. The van der Waals surface area contributed by atoms with Gasteiger partial charge in [-0.3, -0.25) is 4.79 Å². The summed E-state index contributed by atoms with van der Waals surface area (Å²) in [5, 5.41) is 6.62. The Morgan fingerprint density at radius 3 is 2.64 bits per heavy atom. The fraction of sp³-hybridized carbons (Fsp3) is 0.100. The van der Waals surface area contributed by atoms with Crippen LogP contribution in [0, 0.1) is 6.92 Å². The number of amides is 1. The van der Waals surface area contributed by atoms with Crippen LogP contribution in [0.5, 0.6) is 0 Å². The van der Waals surface area contributed by atoms with Gasteiger partial charge in [-0.05, 0) is 36.8 Å². The maximum atomic E-state index is 12.1. The van der Waals surface area contributed by atoms with Gasteiger partial charge in [0.25, 0.3) is 0 Å². The van der Waals surface area contributed by atoms with Crippen molar-refractivity contribution in [3.63, 3.8) is 0 Å². The van der Waals surface area contributed by atoms with Gasteiger partial charge < -0.3 is 10.6 Å². The monoisotopic (exact) mass is 351 g/mol. The van der Waals surface area contributed by atoms with E-state index in [1.54, 1.807) is 18.3 Å². The van der Waals surface area contributed by atoms with E-state index >= 15 is 0 Å². The molecule has 4 nitrogen and oxygen atoms in total. The number of benzene rings is 2. The third-order valence-electron chi connectivity index (χ3n) is 3.63. The zero-order chi connectivity index (χ0) is 17.6. The first-order valence-corrected chi connectivity index (χ1v) is 8.31. The van der Waals surface area contributed by atoms with Crippen molar-refractivity contribution < 1.29 is 4.79 Å². The van der Waals surface area contributed by atoms with Gasteiger partial charge in [0.2, 0.25) is 5.91 Å². The maximum absolute atomic E-state index is 12.1. The summed E-state index contributed by atoms with van der Waals surface area (Å²) in [5.41, 5.74) is 3.57. The predicted molar refractivity (Wildman–Crippen MR) is 102 cm³/mol. The summed E-state index contributed by atoms with van der Waals surface area (Å²) < 4.78 is 0. The Morgan fingerprint density at radius 1 is 1.08 bits per heavy atom. The van der Waals surface area contributed by atoms with Gasteiger partial charge in [0.1, 0.15) is 5.82 Å². The number of hydrogen-bond acceptors (Lipinski definition) is 3. The van der Waals surface area contributed by atoms with Crippen LogP contribution in [0.3, 0.4) is 0 Å². The van der Waals surface area contributed by atoms with Crippen LogP contribution in [0.1, 0.15) is 11.1 Å². The number of nitrogens with zero attached hydrogens (tertiary/aromatic N) is 1. The molecule has 0 atom stereocenters. The molecule has 0 aliphatic heterocycles. The molecule has 1 amide bonds. The third-order valence-corrected chi connectivity index (χ3v) is 3.96. The van der Waals surface area contributed by atoms with Crippen LogP contribution >= 0.6 is 11.6 Å². The van der Waals surface area contributed by atoms with Crippen LogP contribution in [-0.4, -0.2) is 10.9 Å². The van der Waals surface area contributed by atoms with E-state index in [4.69, 9.17) is 11.6 Å². The van der Waals surface area contributed by atoms with Crippen molar-refractivity contribution in [2.24, 2.45) is 0 Å². The van der Waals surface area contributed by atoms with Crippen molar-refractivity contribution in [2.75, 3.05) is 10.6 Å². The highest BCUT2D eigenvalue weighted by Gasteiger charge is 2.06. The summed E-state index contributed by atoms with van der Waals surface area (Å²) in [4.78, 5) is 16.4. The number of anilines is 3. The lowest BCUT2D eigenvalue weighted by atomic mass is 10.1. The Hall–Kier alpha value is -2.85. The van der Waals surface area contributed by atoms with Crippen molar-refractivity contribution in [1.82, 2.24) is 4.98 Å². The molecule has 0 aliphatic rings. The molecule has 0 saturated heterocycles. The number of aromatic nitrogens is 1. The topological polar surface area (TPSA) is 54.0 Å². The number of para-hydroxylation sites is 1. The predicted octanol–water partition coefficient (Wildman–Crippen LogP) is 4.97. The van der Waals surface area contributed by atoms with Gasteiger partial charge >= 0.3 is 0 Å². The fourth-order valence-corrected chi connectivity index (χ4v) is 2.64. The molecule has 2 N–H and O–H groups in total. The highest BCUT2D eigenvalue weighted by Crippen LogP contribution is 2.24. The van der Waals surface area contributed by atoms with Crippen LogP contribution in [0.25, 0.3) is 0 Å². The van der Waals surface area contributed by atoms with E-state index in [2.05, 4.69) is 15.6 Å². The first-order valence-electron chi connectivity index (χ1n) is 7.93. The minimum absolute atomic E-state index is 0.0702. The molecular weight excluding hydrogens is 334 g/mol. The van der Waals surface area contributed by atoms with E-state index in [-0.39, 0.29) is 5.91 Å². The number of nitrogens with one attached hydrogen (secondary N) is 2. The van der Waals surface area contributed by atoms with Gasteiger partial charge in [0.05, 0.1) is 29.0 Å². The van der Waals surface area contributed by atoms with Crippen LogP contribution in [-0.2, 0) is 11.2 Å². The Balaban J connectivity index is 1.60. The lowest BCUT2D eigenvalue weighted by molar-refractivity contribution is -0.115. The van der Waals surface area contributed by atoms with Crippen LogP contribution in [0.2, 0.25) is 5.02 Å². The first kappa shape index (κ1) is 17.0. The number of halogens is 1. The summed E-state index contributed by atoms with van der Waals surface area (Å²) in [6.07, 6.45) is 1.95. The lowest BCUT2D eigenvalue weighted by Gasteiger charge is -2.09. The molecule has 0 spiro atoms. The van der Waals surface area contributed by atoms with Gasteiger partial charge in [0, 0.05) is 0 Å². The second-order valence-electron chi connectivity index (χ2n) is 5.75. The summed E-state index contributed by atoms with van der Waals surface area (Å²) in [6.45, 7) is 2.01. The number of hydrogen-bond donors (Lipinski definition) is 2. The van der Waals surface area contributed by atoms with E-state index in [0.29, 0.717) is 22.9 Å². The van der Waals surface area contributed by atoms with Crippen molar-refractivity contribution in [2.45, 2.75) is 13.3 Å². The molecule has 0 radical (unpaired) electrons. The fourth-order valence-electron chi connectivity index (χ4n) is 2.45. The number of rotatable bonds is 5. The average molecular weight is 352 g/mol. The zero-order valence-electron chi connectivity index (χ0n) is 13.8. The Labute approximate surface area is 151 Å². The van der Waals surface area contributed by atoms with Gasteiger partial charge in [-0.25, -0.2) is 4.98 Å². The standard InChI is InChI=1S/C20H18ClN3O/c1-14-5-4-6-15(11-14)12-20(25)23-16-9-10-19(22-13-16)24-18-8-3-2-7-17(18)21/h2-11,13H,12H2,1H3,(H,22,24)(H,23,25). The van der Waals surface area contributed by atoms with Crippen molar-refractivity contribution in [3.05, 3.63) is 83.0 Å². The molecule has 0 unspecified atom stereocenters. The quantitative estimate of drug-likeness (QED) is 0.682. The third kappa shape index (κ3) is 4.81. The second kappa shape index (κ2) is 7.81. The smallest absolute Gasteiger partial charge is 0.228 e. The van der Waals surface area contributed by atoms with E-state index in [1.165, 1.54) is 0 Å². The molecule has 0 bridgehead atoms. The van der Waals surface area contributed by atoms with Crippen LogP contribution in [0.15, 0.2) is 66.9 Å². The highest BCUT2D eigenvalue weighted by molar-refractivity contribution is 6.33. The lowest BCUT2D eigenvalue weighted by Crippen LogP contribution is -2.14. The number of pyridine rings is 1. The second-order valence-corrected chi connectivity index (χ2v) is 6.16. The Morgan fingerprint density at radius 2 is 1.92 bits per heavy atom. The molecule has 0 fully saturated rings. The van der Waals surface area contributed by atoms with Crippen LogP contribution < -0.4 is 10.6 Å². The van der Waals surface area contributed by atoms with Gasteiger partial charge in [-0.1, -0.05) is 53.6 Å². The summed E-state index contributed by atoms with van der Waals surface area (Å²) in [5.74, 6) is 0.587. The minimum atomic E-state index is -0.0702. The molecule has 3 rings (SSSR count). The molecule has 126 valence electrons. The normalized spacial score (nSPS) is 10.3. The Kier molecular flexibility index (Phi) is 5.31. The molecule has 25 heavy (non-hydrogen) atoms. The molecular formula is C20H18ClN3O. The maximum Gasteiger partial charge on any atom is 0.228 e. The summed E-state index contributed by atoms with van der Waals surface area (Å²) >= 11 is 6.12. The van der Waals surface area contributed by atoms with E-state index in [0.717, 1.165) is 16.8 Å². The van der Waals surface area contributed by atoms with Gasteiger partial charge in [-0.2, -0.15) is 0 Å². The molecule has 1 aromatic heterocycles. The Bertz CT molecular complexity index is 878. The van der Waals surface area contributed by atoms with Gasteiger partial charge in [-0.15, -0.1) is 0 Å². The van der Waals surface area contributed by atoms with Crippen molar-refractivity contribution in [3.8, 4) is 0 Å². The van der Waals surface area contributed by atoms with Crippen LogP contribution in [0.4, 0.5) is 17.2 Å². The number of carbonyl (C=O) groups is 1. The highest BCUT2D eigenvalue weighted by atomic mass is 35.5. The van der Waals surface area contributed by atoms with E-state index in [9.17, 15) is 4.79 Å². The van der Waals surface area contributed by atoms with E-state index in [1.807, 2.05) is 55.5 Å². The van der Waals surface area contributed by atoms with Gasteiger partial charge in [0.15, 0.2) is 0 Å². The van der Waals surface area contributed by atoms with Crippen molar-refractivity contribution >= 4 is 34.7 Å². The molecule has 5 heteroatoms. The zero-order valence-corrected chi connectivity index (χ0v) is 14.5. The number of carbonyl (C=O) groups excluding carboxylic acids is 1. The minimum Gasteiger partial charge on any atom is -0.339 e. The largest absolute Gasteiger partial charge is 0.339 e. The van der Waals surface area contributed by atoms with E-state index < -0.39 is 0 Å². The molecule has 1 heterocycles.